The molecule has 3 unspecified atom stereocenters. The molecule has 0 aliphatic heterocycles. The number of rotatable bonds is 42. The number of hydrogen-bond donors (Lipinski definition) is 3. The zero-order valence-electron chi connectivity index (χ0n) is 37.5. The first kappa shape index (κ1) is 54.6. The summed E-state index contributed by atoms with van der Waals surface area (Å²) in [4.78, 5) is 26.0. The van der Waals surface area contributed by atoms with Crippen molar-refractivity contribution in [3.63, 3.8) is 0 Å². The first-order valence-electron chi connectivity index (χ1n) is 24.1. The quantitative estimate of drug-likeness (QED) is 0.0247. The van der Waals surface area contributed by atoms with Crippen LogP contribution < -0.4 is 5.32 Å². The van der Waals surface area contributed by atoms with Crippen LogP contribution in [0.5, 0.6) is 0 Å². The van der Waals surface area contributed by atoms with Gasteiger partial charge in [0.1, 0.15) is 6.10 Å². The van der Waals surface area contributed by atoms with Gasteiger partial charge in [-0.2, -0.15) is 0 Å². The minimum Gasteiger partial charge on any atom is -0.462 e. The predicted molar refractivity (Wildman–Crippen MR) is 245 cm³/mol. The lowest BCUT2D eigenvalue weighted by atomic mass is 10.0. The molecule has 0 spiro atoms. The topological polar surface area (TPSA) is 95.9 Å². The smallest absolute Gasteiger partial charge is 0.306 e. The monoisotopic (exact) mass is 798 g/mol. The SMILES string of the molecule is CC/C=C/C=C/C=C\C=C/CCCC(CC(=O)NC(CO)C(O)CCCCCCCCCCCCCCCCC)OC(=O)CCCCCCC/C=C\CCCCC. The third kappa shape index (κ3) is 40.1. The molecule has 0 saturated heterocycles. The highest BCUT2D eigenvalue weighted by Crippen LogP contribution is 2.17. The average Bonchev–Trinajstić information content (AvgIpc) is 3.20. The van der Waals surface area contributed by atoms with Crippen molar-refractivity contribution in [3.8, 4) is 0 Å². The third-order valence-electron chi connectivity index (χ3n) is 10.7. The summed E-state index contributed by atoms with van der Waals surface area (Å²) in [7, 11) is 0. The standard InChI is InChI=1S/C51H91NO5/c1-4-7-10-13-16-19-22-24-25-26-28-31-34-37-40-43-49(54)48(46-53)52-50(55)45-47(42-39-36-33-30-27-21-18-15-12-9-6-3)57-51(56)44-41-38-35-32-29-23-20-17-14-11-8-5-2/h9,12,15,17-18,20-21,27,30,33,47-49,53-54H,4-8,10-11,13-14,16,19,22-26,28-29,31-32,34-46H2,1-3H3,(H,52,55)/b12-9+,18-15+,20-17-,27-21-,33-30-. The lowest BCUT2D eigenvalue weighted by Gasteiger charge is -2.24. The number of carbonyl (C=O) groups is 2. The maximum atomic E-state index is 13.1. The number of nitrogens with one attached hydrogen (secondary N) is 1. The Labute approximate surface area is 352 Å². The van der Waals surface area contributed by atoms with Crippen molar-refractivity contribution >= 4 is 11.9 Å². The Bertz CT molecular complexity index is 1030. The summed E-state index contributed by atoms with van der Waals surface area (Å²) >= 11 is 0. The Morgan fingerprint density at radius 2 is 0.982 bits per heavy atom. The summed E-state index contributed by atoms with van der Waals surface area (Å²) in [5.74, 6) is -0.554. The predicted octanol–water partition coefficient (Wildman–Crippen LogP) is 14.1. The molecule has 6 heteroatoms. The van der Waals surface area contributed by atoms with Crippen LogP contribution in [0.4, 0.5) is 0 Å². The van der Waals surface area contributed by atoms with Crippen LogP contribution in [0, 0.1) is 0 Å². The van der Waals surface area contributed by atoms with Gasteiger partial charge >= 0.3 is 5.97 Å². The van der Waals surface area contributed by atoms with Crippen LogP contribution in [-0.2, 0) is 14.3 Å². The Balaban J connectivity index is 4.61. The maximum absolute atomic E-state index is 13.1. The number of carbonyl (C=O) groups excluding carboxylic acids is 2. The van der Waals surface area contributed by atoms with Crippen LogP contribution in [-0.4, -0.2) is 46.9 Å². The fraction of sp³-hybridized carbons (Fsp3) is 0.765. The molecule has 3 N–H and O–H groups in total. The number of hydrogen-bond acceptors (Lipinski definition) is 5. The van der Waals surface area contributed by atoms with Gasteiger partial charge in [0.25, 0.3) is 0 Å². The third-order valence-corrected chi connectivity index (χ3v) is 10.7. The second kappa shape index (κ2) is 44.7. The van der Waals surface area contributed by atoms with Crippen molar-refractivity contribution in [2.75, 3.05) is 6.61 Å². The van der Waals surface area contributed by atoms with E-state index in [2.05, 4.69) is 50.4 Å². The van der Waals surface area contributed by atoms with E-state index >= 15 is 0 Å². The molecule has 0 bridgehead atoms. The number of allylic oxidation sites excluding steroid dienone is 10. The molecule has 0 heterocycles. The molecule has 6 nitrogen and oxygen atoms in total. The summed E-state index contributed by atoms with van der Waals surface area (Å²) < 4.78 is 5.86. The van der Waals surface area contributed by atoms with Crippen LogP contribution in [0.1, 0.15) is 226 Å². The second-order valence-corrected chi connectivity index (χ2v) is 16.2. The van der Waals surface area contributed by atoms with Gasteiger partial charge in [-0.25, -0.2) is 0 Å². The zero-order valence-corrected chi connectivity index (χ0v) is 37.5. The summed E-state index contributed by atoms with van der Waals surface area (Å²) in [5.41, 5.74) is 0. The van der Waals surface area contributed by atoms with Crippen LogP contribution >= 0.6 is 0 Å². The van der Waals surface area contributed by atoms with Crippen LogP contribution in [0.3, 0.4) is 0 Å². The van der Waals surface area contributed by atoms with Crippen molar-refractivity contribution < 1.29 is 24.5 Å². The number of ether oxygens (including phenoxy) is 1. The number of amides is 1. The molecule has 0 aromatic rings. The number of esters is 1. The van der Waals surface area contributed by atoms with Gasteiger partial charge in [-0.3, -0.25) is 9.59 Å². The highest BCUT2D eigenvalue weighted by Gasteiger charge is 2.24. The largest absolute Gasteiger partial charge is 0.462 e. The van der Waals surface area contributed by atoms with Crippen molar-refractivity contribution in [1.29, 1.82) is 0 Å². The van der Waals surface area contributed by atoms with E-state index in [0.29, 0.717) is 19.3 Å². The summed E-state index contributed by atoms with van der Waals surface area (Å²) in [6, 6.07) is -0.724. The first-order valence-corrected chi connectivity index (χ1v) is 24.1. The number of unbranched alkanes of at least 4 members (excludes halogenated alkanes) is 23. The van der Waals surface area contributed by atoms with Gasteiger partial charge in [0.2, 0.25) is 5.91 Å². The van der Waals surface area contributed by atoms with Gasteiger partial charge in [0.05, 0.1) is 25.2 Å². The van der Waals surface area contributed by atoms with E-state index in [1.807, 2.05) is 36.5 Å². The van der Waals surface area contributed by atoms with E-state index in [4.69, 9.17) is 4.74 Å². The van der Waals surface area contributed by atoms with Gasteiger partial charge in [-0.15, -0.1) is 0 Å². The van der Waals surface area contributed by atoms with Crippen molar-refractivity contribution in [2.24, 2.45) is 0 Å². The molecule has 0 aliphatic rings. The van der Waals surface area contributed by atoms with Gasteiger partial charge in [0.15, 0.2) is 0 Å². The van der Waals surface area contributed by atoms with E-state index in [0.717, 1.165) is 64.2 Å². The lowest BCUT2D eigenvalue weighted by molar-refractivity contribution is -0.151. The Morgan fingerprint density at radius 3 is 1.54 bits per heavy atom. The van der Waals surface area contributed by atoms with E-state index in [9.17, 15) is 19.8 Å². The van der Waals surface area contributed by atoms with Gasteiger partial charge in [-0.05, 0) is 64.2 Å². The number of aliphatic hydroxyl groups excluding tert-OH is 2. The summed E-state index contributed by atoms with van der Waals surface area (Å²) in [5, 5.41) is 23.7. The van der Waals surface area contributed by atoms with Gasteiger partial charge in [0, 0.05) is 6.42 Å². The Kier molecular flexibility index (Phi) is 42.7. The highest BCUT2D eigenvalue weighted by atomic mass is 16.5. The molecule has 3 atom stereocenters. The Hall–Kier alpha value is -2.44. The minimum absolute atomic E-state index is 0.0274. The van der Waals surface area contributed by atoms with E-state index in [-0.39, 0.29) is 24.9 Å². The number of aliphatic hydroxyl groups is 2. The van der Waals surface area contributed by atoms with E-state index < -0.39 is 18.2 Å². The summed E-state index contributed by atoms with van der Waals surface area (Å²) in [6.07, 6.45) is 54.3. The van der Waals surface area contributed by atoms with Crippen LogP contribution in [0.2, 0.25) is 0 Å². The lowest BCUT2D eigenvalue weighted by Crippen LogP contribution is -2.46. The fourth-order valence-electron chi connectivity index (χ4n) is 7.03. The molecule has 57 heavy (non-hydrogen) atoms. The zero-order chi connectivity index (χ0) is 41.7. The summed E-state index contributed by atoms with van der Waals surface area (Å²) in [6.45, 7) is 6.29. The first-order chi connectivity index (χ1) is 28.0. The molecule has 0 aliphatic carbocycles. The van der Waals surface area contributed by atoms with Crippen molar-refractivity contribution in [3.05, 3.63) is 60.8 Å². The van der Waals surface area contributed by atoms with Crippen LogP contribution in [0.25, 0.3) is 0 Å². The van der Waals surface area contributed by atoms with E-state index in [1.165, 1.54) is 116 Å². The molecule has 0 rings (SSSR count). The maximum Gasteiger partial charge on any atom is 0.306 e. The molecule has 1 amide bonds. The molecular formula is C51H91NO5. The normalized spacial score (nSPS) is 13.8. The Morgan fingerprint density at radius 1 is 0.526 bits per heavy atom. The van der Waals surface area contributed by atoms with Gasteiger partial charge < -0.3 is 20.3 Å². The van der Waals surface area contributed by atoms with Crippen molar-refractivity contribution in [1.82, 2.24) is 5.32 Å². The minimum atomic E-state index is -0.806. The second-order valence-electron chi connectivity index (χ2n) is 16.2. The average molecular weight is 798 g/mol. The molecule has 0 aromatic carbocycles. The molecule has 0 radical (unpaired) electrons. The molecular weight excluding hydrogens is 707 g/mol. The van der Waals surface area contributed by atoms with Crippen LogP contribution in [0.15, 0.2) is 60.8 Å². The molecule has 330 valence electrons. The van der Waals surface area contributed by atoms with Crippen molar-refractivity contribution in [2.45, 2.75) is 244 Å². The molecule has 0 aromatic heterocycles. The van der Waals surface area contributed by atoms with E-state index in [1.54, 1.807) is 0 Å². The van der Waals surface area contributed by atoms with Gasteiger partial charge in [-0.1, -0.05) is 210 Å². The fourth-order valence-corrected chi connectivity index (χ4v) is 7.03. The molecule has 0 saturated carbocycles. The highest BCUT2D eigenvalue weighted by molar-refractivity contribution is 5.77. The molecule has 0 fully saturated rings.